The number of nitrogens with zero attached hydrogens (tertiary/aromatic N) is 1. The molecular weight excluding hydrogens is 180 g/mol. The highest BCUT2D eigenvalue weighted by molar-refractivity contribution is 5.89. The van der Waals surface area contributed by atoms with Crippen molar-refractivity contribution in [3.05, 3.63) is 0 Å². The highest BCUT2D eigenvalue weighted by Crippen LogP contribution is 2.28. The molecule has 0 aliphatic rings. The fraction of sp³-hybridized carbons (Fsp3) is 0.667. The Bertz CT molecular complexity index is 129. The number of halogens is 6. The minimum absolute atomic E-state index is 0. The predicted octanol–water partition coefficient (Wildman–Crippen LogP) is 1.20. The number of carbonyl (C=O) groups is 1. The second-order valence-electron chi connectivity index (χ2n) is 1.32. The fourth-order valence-electron chi connectivity index (χ4n) is 0.161. The lowest BCUT2D eigenvalue weighted by molar-refractivity contribution is -0.217. The molecule has 0 aliphatic carbocycles. The van der Waals surface area contributed by atoms with Crippen LogP contribution in [0.1, 0.15) is 0 Å². The molecule has 0 aromatic heterocycles. The first-order chi connectivity index (χ1) is 4.15. The van der Waals surface area contributed by atoms with Gasteiger partial charge in [-0.15, -0.1) is 0 Å². The van der Waals surface area contributed by atoms with Crippen LogP contribution in [0.2, 0.25) is 0 Å². The van der Waals surface area contributed by atoms with Crippen LogP contribution >= 0.6 is 0 Å². The van der Waals surface area contributed by atoms with Crippen LogP contribution in [0, 0.1) is 0 Å². The highest BCUT2D eigenvalue weighted by atomic mass is 19.4. The maximum atomic E-state index is 10.9. The van der Waals surface area contributed by atoms with E-state index < -0.39 is 18.1 Å². The van der Waals surface area contributed by atoms with Crippen molar-refractivity contribution in [2.24, 2.45) is 0 Å². The molecule has 0 aliphatic heterocycles. The number of rotatable bonds is 0. The number of hydrogen-bond donors (Lipinski definition) is 0. The molecular formula is C3F6NO. The van der Waals surface area contributed by atoms with E-state index in [-0.39, 0.29) is 6.15 Å². The summed E-state index contributed by atoms with van der Waals surface area (Å²) in [5, 5.41) is 0. The molecule has 0 rings (SSSR count). The smallest absolute Gasteiger partial charge is 0.279 e. The van der Waals surface area contributed by atoms with Gasteiger partial charge in [0.05, 0.1) is 0 Å². The van der Waals surface area contributed by atoms with Crippen molar-refractivity contribution >= 4 is 5.78 Å². The molecule has 0 saturated carbocycles. The molecule has 0 spiro atoms. The van der Waals surface area contributed by atoms with Gasteiger partial charge in [-0.2, -0.15) is 26.3 Å². The van der Waals surface area contributed by atoms with Gasteiger partial charge in [0.25, 0.3) is 0 Å². The lowest BCUT2D eigenvalue weighted by atomic mass is 10.4. The van der Waals surface area contributed by atoms with E-state index in [0.29, 0.717) is 0 Å². The van der Waals surface area contributed by atoms with Crippen molar-refractivity contribution in [2.75, 3.05) is 0 Å². The zero-order valence-electron chi connectivity index (χ0n) is 4.62. The molecule has 0 aromatic carbocycles. The number of alkyl halides is 6. The third-order valence-electron chi connectivity index (χ3n) is 0.515. The Labute approximate surface area is 56.8 Å². The normalized spacial score (nSPS) is 12.2. The van der Waals surface area contributed by atoms with Crippen molar-refractivity contribution < 1.29 is 31.1 Å². The zero-order valence-corrected chi connectivity index (χ0v) is 4.62. The Hall–Kier alpha value is -0.790. The van der Waals surface area contributed by atoms with Crippen molar-refractivity contribution in [3.63, 3.8) is 0 Å². The molecule has 0 amide bonds. The Morgan fingerprint density at radius 3 is 1.00 bits per heavy atom. The first-order valence-electron chi connectivity index (χ1n) is 1.84. The summed E-state index contributed by atoms with van der Waals surface area (Å²) in [6, 6.07) is 0. The molecule has 0 fully saturated rings. The summed E-state index contributed by atoms with van der Waals surface area (Å²) in [4.78, 5) is 9.24. The Balaban J connectivity index is 0. The average Bonchev–Trinajstić information content (AvgIpc) is 1.59. The van der Waals surface area contributed by atoms with E-state index in [1.807, 2.05) is 0 Å². The van der Waals surface area contributed by atoms with Gasteiger partial charge in [-0.3, -0.25) is 4.79 Å². The molecule has 0 aromatic rings. The maximum absolute atomic E-state index is 10.9. The van der Waals surface area contributed by atoms with E-state index in [0.717, 1.165) is 0 Å². The van der Waals surface area contributed by atoms with Crippen LogP contribution in [-0.4, -0.2) is 18.1 Å². The summed E-state index contributed by atoms with van der Waals surface area (Å²) < 4.78 is 65.3. The third kappa shape index (κ3) is 3.81. The van der Waals surface area contributed by atoms with Gasteiger partial charge in [0.1, 0.15) is 0 Å². The summed E-state index contributed by atoms with van der Waals surface area (Å²) in [7, 11) is 0. The monoisotopic (exact) mass is 180 g/mol. The molecule has 0 atom stereocenters. The molecule has 65 valence electrons. The second-order valence-corrected chi connectivity index (χ2v) is 1.32. The molecule has 3 radical (unpaired) electrons. The van der Waals surface area contributed by atoms with E-state index in [4.69, 9.17) is 0 Å². The van der Waals surface area contributed by atoms with Gasteiger partial charge >= 0.3 is 18.1 Å². The van der Waals surface area contributed by atoms with Gasteiger partial charge in [0, 0.05) is 6.15 Å². The molecule has 8 heteroatoms. The van der Waals surface area contributed by atoms with Gasteiger partial charge in [0.2, 0.25) is 0 Å². The summed E-state index contributed by atoms with van der Waals surface area (Å²) >= 11 is 0. The van der Waals surface area contributed by atoms with Crippen LogP contribution in [-0.2, 0) is 4.79 Å². The number of hydrogen-bond acceptors (Lipinski definition) is 1. The van der Waals surface area contributed by atoms with E-state index in [1.54, 1.807) is 0 Å². The zero-order chi connectivity index (χ0) is 8.58. The molecule has 0 unspecified atom stereocenters. The number of Topliss-reactive ketones (excluding diaryl/α,β-unsaturated/α-hetero) is 1. The molecule has 0 N–H and O–H groups in total. The van der Waals surface area contributed by atoms with Crippen molar-refractivity contribution in [2.45, 2.75) is 12.4 Å². The molecule has 0 heterocycles. The summed E-state index contributed by atoms with van der Waals surface area (Å²) in [6.07, 6.45) is -11.6. The quantitative estimate of drug-likeness (QED) is 0.516. The van der Waals surface area contributed by atoms with Gasteiger partial charge in [-0.05, 0) is 0 Å². The lowest BCUT2D eigenvalue weighted by Gasteiger charge is -2.06. The van der Waals surface area contributed by atoms with E-state index in [2.05, 4.69) is 0 Å². The van der Waals surface area contributed by atoms with Crippen LogP contribution in [0.4, 0.5) is 26.3 Å². The van der Waals surface area contributed by atoms with Crippen molar-refractivity contribution in [1.29, 1.82) is 0 Å². The Morgan fingerprint density at radius 2 is 1.00 bits per heavy atom. The van der Waals surface area contributed by atoms with E-state index in [9.17, 15) is 31.1 Å². The summed E-state index contributed by atoms with van der Waals surface area (Å²) in [6.45, 7) is 0. The van der Waals surface area contributed by atoms with Crippen LogP contribution in [0.15, 0.2) is 0 Å². The molecule has 11 heavy (non-hydrogen) atoms. The SMILES string of the molecule is O=C(C(F)(F)F)C(F)(F)F.[N]. The van der Waals surface area contributed by atoms with E-state index in [1.165, 1.54) is 0 Å². The van der Waals surface area contributed by atoms with Crippen molar-refractivity contribution in [3.8, 4) is 0 Å². The van der Waals surface area contributed by atoms with E-state index >= 15 is 0 Å². The van der Waals surface area contributed by atoms with Crippen LogP contribution in [0.5, 0.6) is 0 Å². The minimum atomic E-state index is -5.82. The molecule has 0 bridgehead atoms. The fourth-order valence-corrected chi connectivity index (χ4v) is 0.161. The number of ketones is 1. The first-order valence-corrected chi connectivity index (χ1v) is 1.84. The summed E-state index contributed by atoms with van der Waals surface area (Å²) in [5.74, 6) is -3.68. The van der Waals surface area contributed by atoms with Gasteiger partial charge in [-0.25, -0.2) is 0 Å². The van der Waals surface area contributed by atoms with Crippen molar-refractivity contribution in [1.82, 2.24) is 6.15 Å². The topological polar surface area (TPSA) is 47.6 Å². The first kappa shape index (κ1) is 12.8. The standard InChI is InChI=1S/C3F6O.N/c4-2(5,6)1(10)3(7,8)9;. The largest absolute Gasteiger partial charge is 0.459 e. The van der Waals surface area contributed by atoms with Gasteiger partial charge in [0.15, 0.2) is 0 Å². The highest BCUT2D eigenvalue weighted by Gasteiger charge is 2.55. The predicted molar refractivity (Wildman–Crippen MR) is 19.3 cm³/mol. The minimum Gasteiger partial charge on any atom is -0.279 e. The maximum Gasteiger partial charge on any atom is 0.459 e. The van der Waals surface area contributed by atoms with Crippen LogP contribution < -0.4 is 6.15 Å². The molecule has 2 nitrogen and oxygen atoms in total. The number of carbonyl (C=O) groups excluding carboxylic acids is 1. The van der Waals surface area contributed by atoms with Gasteiger partial charge in [-0.1, -0.05) is 0 Å². The average molecular weight is 180 g/mol. The Morgan fingerprint density at radius 1 is 0.818 bits per heavy atom. The second kappa shape index (κ2) is 3.07. The Kier molecular flexibility index (Phi) is 3.59. The van der Waals surface area contributed by atoms with Crippen LogP contribution in [0.3, 0.4) is 0 Å². The van der Waals surface area contributed by atoms with Gasteiger partial charge < -0.3 is 0 Å². The lowest BCUT2D eigenvalue weighted by Crippen LogP contribution is -2.36. The summed E-state index contributed by atoms with van der Waals surface area (Å²) in [5.41, 5.74) is 0. The van der Waals surface area contributed by atoms with Crippen LogP contribution in [0.25, 0.3) is 0 Å². The third-order valence-corrected chi connectivity index (χ3v) is 0.515. The molecule has 0 saturated heterocycles.